The van der Waals surface area contributed by atoms with Gasteiger partial charge in [-0.2, -0.15) is 0 Å². The fraction of sp³-hybridized carbons (Fsp3) is 0.833. The molecule has 0 aliphatic rings. The van der Waals surface area contributed by atoms with E-state index in [1.165, 1.54) is 11.6 Å². The molecule has 2 atom stereocenters. The van der Waals surface area contributed by atoms with E-state index in [1.54, 1.807) is 0 Å². The molecule has 0 bridgehead atoms. The lowest BCUT2D eigenvalue weighted by molar-refractivity contribution is -0.0756. The zero-order chi connectivity index (χ0) is 22.9. The van der Waals surface area contributed by atoms with Crippen LogP contribution in [-0.4, -0.2) is 42.5 Å². The van der Waals surface area contributed by atoms with E-state index in [1.807, 2.05) is 0 Å². The Balaban J connectivity index is 4.46. The summed E-state index contributed by atoms with van der Waals surface area (Å²) in [6.45, 7) is 31.4. The van der Waals surface area contributed by atoms with Crippen LogP contribution in [0.4, 0.5) is 0 Å². The molecule has 5 heteroatoms. The molecule has 0 fully saturated rings. The molecule has 0 N–H and O–H groups in total. The number of ether oxygens (including phenoxy) is 2. The van der Waals surface area contributed by atoms with E-state index in [0.29, 0.717) is 12.7 Å². The zero-order valence-corrected chi connectivity index (χ0v) is 23.4. The van der Waals surface area contributed by atoms with Crippen molar-refractivity contribution in [2.75, 3.05) is 20.0 Å². The third-order valence-corrected chi connectivity index (χ3v) is 12.0. The van der Waals surface area contributed by atoms with Crippen LogP contribution >= 0.6 is 0 Å². The average Bonchev–Trinajstić information content (AvgIpc) is 2.54. The minimum absolute atomic E-state index is 0.0948. The lowest BCUT2D eigenvalue weighted by atomic mass is 9.99. The van der Waals surface area contributed by atoms with Crippen LogP contribution in [0.5, 0.6) is 0 Å². The predicted molar refractivity (Wildman–Crippen MR) is 134 cm³/mol. The number of rotatable bonds is 14. The van der Waals surface area contributed by atoms with E-state index < -0.39 is 16.4 Å². The largest absolute Gasteiger partial charge is 0.417 e. The molecule has 29 heavy (non-hydrogen) atoms. The molecule has 0 aromatic rings. The first-order valence-corrected chi connectivity index (χ1v) is 17.9. The van der Waals surface area contributed by atoms with Crippen molar-refractivity contribution in [3.8, 4) is 0 Å². The summed E-state index contributed by atoms with van der Waals surface area (Å²) in [7, 11) is -2.73. The molecule has 3 nitrogen and oxygen atoms in total. The van der Waals surface area contributed by atoms with Gasteiger partial charge in [-0.3, -0.25) is 0 Å². The maximum Gasteiger partial charge on any atom is 0.191 e. The van der Waals surface area contributed by atoms with E-state index in [4.69, 9.17) is 13.9 Å². The molecule has 172 valence electrons. The van der Waals surface area contributed by atoms with Gasteiger partial charge >= 0.3 is 0 Å². The first-order valence-electron chi connectivity index (χ1n) is 11.3. The Labute approximate surface area is 184 Å². The van der Waals surface area contributed by atoms with Gasteiger partial charge in [-0.05, 0) is 55.4 Å². The molecule has 0 aliphatic carbocycles. The summed E-state index contributed by atoms with van der Waals surface area (Å²) in [5.74, 6) is 0.464. The molecule has 0 unspecified atom stereocenters. The highest BCUT2D eigenvalue weighted by Crippen LogP contribution is 2.37. The topological polar surface area (TPSA) is 27.7 Å². The van der Waals surface area contributed by atoms with Crippen LogP contribution in [0.1, 0.15) is 54.4 Å². The SMILES string of the molecule is C=C(/C=C(\C)[C@H](CC)OCOCC[Si](C)(C)C)C[C@H](C)CO[Si](C)(C)C(C)(C)C. The quantitative estimate of drug-likeness (QED) is 0.120. The Morgan fingerprint density at radius 2 is 1.69 bits per heavy atom. The average molecular weight is 443 g/mol. The van der Waals surface area contributed by atoms with E-state index in [2.05, 4.69) is 86.9 Å². The zero-order valence-electron chi connectivity index (χ0n) is 21.4. The first kappa shape index (κ1) is 28.8. The number of hydrogen-bond donors (Lipinski definition) is 0. The molecule has 0 heterocycles. The highest BCUT2D eigenvalue weighted by molar-refractivity contribution is 6.76. The third kappa shape index (κ3) is 12.9. The van der Waals surface area contributed by atoms with Gasteiger partial charge in [-0.1, -0.05) is 72.5 Å². The van der Waals surface area contributed by atoms with Gasteiger partial charge in [0.2, 0.25) is 0 Å². The molecule has 0 saturated heterocycles. The van der Waals surface area contributed by atoms with E-state index in [-0.39, 0.29) is 11.1 Å². The maximum atomic E-state index is 6.37. The first-order chi connectivity index (χ1) is 13.1. The molecule has 0 amide bonds. The normalized spacial score (nSPS) is 16.0. The van der Waals surface area contributed by atoms with Crippen molar-refractivity contribution in [2.45, 2.75) is 104 Å². The van der Waals surface area contributed by atoms with Crippen molar-refractivity contribution >= 4 is 16.4 Å². The highest BCUT2D eigenvalue weighted by atomic mass is 28.4. The van der Waals surface area contributed by atoms with E-state index in [9.17, 15) is 0 Å². The van der Waals surface area contributed by atoms with Crippen molar-refractivity contribution < 1.29 is 13.9 Å². The van der Waals surface area contributed by atoms with Crippen LogP contribution in [0.15, 0.2) is 23.8 Å². The summed E-state index contributed by atoms with van der Waals surface area (Å²) in [6.07, 6.45) is 4.18. The molecular weight excluding hydrogens is 392 g/mol. The van der Waals surface area contributed by atoms with Gasteiger partial charge in [-0.25, -0.2) is 0 Å². The second-order valence-electron chi connectivity index (χ2n) is 11.3. The molecule has 0 aromatic heterocycles. The van der Waals surface area contributed by atoms with Gasteiger partial charge < -0.3 is 13.9 Å². The Hall–Kier alpha value is -0.206. The van der Waals surface area contributed by atoms with Crippen LogP contribution in [0, 0.1) is 5.92 Å². The summed E-state index contributed by atoms with van der Waals surface area (Å²) in [5.41, 5.74) is 2.37. The van der Waals surface area contributed by atoms with Gasteiger partial charge in [0.25, 0.3) is 0 Å². The second-order valence-corrected chi connectivity index (χ2v) is 21.8. The standard InChI is InChI=1S/C24H50O3Si2/c1-13-23(26-19-25-14-15-28(8,9)10)22(4)17-20(2)16-21(3)18-27-29(11,12)24(5,6)7/h17,21,23H,2,13-16,18-19H2,1,3-12H3/b22-17+/t21-,23-/m0/s1. The van der Waals surface area contributed by atoms with Gasteiger partial charge in [-0.15, -0.1) is 0 Å². The molecule has 0 aliphatic heterocycles. The summed E-state index contributed by atoms with van der Waals surface area (Å²) in [4.78, 5) is 0. The van der Waals surface area contributed by atoms with Gasteiger partial charge in [0.1, 0.15) is 6.79 Å². The summed E-state index contributed by atoms with van der Waals surface area (Å²) in [5, 5.41) is 0.253. The predicted octanol–water partition coefficient (Wildman–Crippen LogP) is 7.64. The minimum atomic E-state index is -1.68. The molecule has 0 aromatic carbocycles. The van der Waals surface area contributed by atoms with Gasteiger partial charge in [0, 0.05) is 21.3 Å². The monoisotopic (exact) mass is 442 g/mol. The molecule has 0 rings (SSSR count). The van der Waals surface area contributed by atoms with Gasteiger partial charge in [0.15, 0.2) is 8.32 Å². The number of allylic oxidation sites excluding steroid dienone is 2. The molecule has 0 radical (unpaired) electrons. The van der Waals surface area contributed by atoms with Crippen molar-refractivity contribution in [2.24, 2.45) is 5.92 Å². The Bertz CT molecular complexity index is 513. The van der Waals surface area contributed by atoms with Crippen LogP contribution in [0.2, 0.25) is 43.8 Å². The van der Waals surface area contributed by atoms with Crippen LogP contribution in [0.3, 0.4) is 0 Å². The molecule has 0 saturated carbocycles. The minimum Gasteiger partial charge on any atom is -0.417 e. The van der Waals surface area contributed by atoms with Crippen molar-refractivity contribution in [3.05, 3.63) is 23.8 Å². The maximum absolute atomic E-state index is 6.37. The highest BCUT2D eigenvalue weighted by Gasteiger charge is 2.37. The fourth-order valence-electron chi connectivity index (χ4n) is 2.69. The van der Waals surface area contributed by atoms with Crippen molar-refractivity contribution in [1.29, 1.82) is 0 Å². The summed E-state index contributed by atoms with van der Waals surface area (Å²) in [6, 6.07) is 1.17. The number of hydrogen-bond acceptors (Lipinski definition) is 3. The van der Waals surface area contributed by atoms with Crippen LogP contribution in [0.25, 0.3) is 0 Å². The van der Waals surface area contributed by atoms with Gasteiger partial charge in [0.05, 0.1) is 6.10 Å². The third-order valence-electron chi connectivity index (χ3n) is 5.80. The fourth-order valence-corrected chi connectivity index (χ4v) is 4.58. The molecular formula is C24H50O3Si2. The van der Waals surface area contributed by atoms with E-state index >= 15 is 0 Å². The van der Waals surface area contributed by atoms with Crippen molar-refractivity contribution in [1.82, 2.24) is 0 Å². The Morgan fingerprint density at radius 3 is 2.17 bits per heavy atom. The second kappa shape index (κ2) is 12.6. The van der Waals surface area contributed by atoms with Crippen LogP contribution < -0.4 is 0 Å². The lowest BCUT2D eigenvalue weighted by Crippen LogP contribution is -2.41. The summed E-state index contributed by atoms with van der Waals surface area (Å²) < 4.78 is 18.0. The lowest BCUT2D eigenvalue weighted by Gasteiger charge is -2.37. The van der Waals surface area contributed by atoms with Crippen LogP contribution in [-0.2, 0) is 13.9 Å². The van der Waals surface area contributed by atoms with Crippen molar-refractivity contribution in [3.63, 3.8) is 0 Å². The summed E-state index contributed by atoms with van der Waals surface area (Å²) >= 11 is 0. The van der Waals surface area contributed by atoms with E-state index in [0.717, 1.165) is 31.6 Å². The Kier molecular flexibility index (Phi) is 12.5. The molecule has 0 spiro atoms. The Morgan fingerprint density at radius 1 is 1.10 bits per heavy atom. The smallest absolute Gasteiger partial charge is 0.191 e.